The molecule has 0 unspecified atom stereocenters. The predicted octanol–water partition coefficient (Wildman–Crippen LogP) is 2.26. The van der Waals surface area contributed by atoms with Crippen molar-refractivity contribution in [2.45, 2.75) is 37.1 Å². The van der Waals surface area contributed by atoms with Gasteiger partial charge in [-0.25, -0.2) is 0 Å². The molecule has 1 atom stereocenters. The van der Waals surface area contributed by atoms with E-state index in [9.17, 15) is 18.0 Å². The van der Waals surface area contributed by atoms with E-state index >= 15 is 0 Å². The van der Waals surface area contributed by atoms with Crippen molar-refractivity contribution >= 4 is 33.4 Å². The molecule has 2 aromatic carbocycles. The first-order chi connectivity index (χ1) is 15.3. The summed E-state index contributed by atoms with van der Waals surface area (Å²) in [6.07, 6.45) is 2.10. The van der Waals surface area contributed by atoms with Gasteiger partial charge in [0.1, 0.15) is 10.9 Å². The van der Waals surface area contributed by atoms with Gasteiger partial charge in [-0.1, -0.05) is 37.3 Å². The zero-order valence-electron chi connectivity index (χ0n) is 18.1. The Balaban J connectivity index is 1.48. The minimum absolute atomic E-state index is 0.0947. The third-order valence-electron chi connectivity index (χ3n) is 5.85. The summed E-state index contributed by atoms with van der Waals surface area (Å²) in [6.45, 7) is 2.45. The van der Waals surface area contributed by atoms with Gasteiger partial charge in [-0.15, -0.1) is 4.40 Å². The normalized spacial score (nSPS) is 18.8. The standard InChI is InChI=1S/C23H26N4O4S/c1-3-16-9-4-6-11-18(16)24-21(28)15-26(2)23(29)19-12-8-14-27(19)22-17-10-5-7-13-20(17)32(30,31)25-22/h4-7,9-11,13,19H,3,8,12,14-15H2,1-2H3,(H,24,28)/t19-/m0/s1. The number of sulfonamides is 1. The summed E-state index contributed by atoms with van der Waals surface area (Å²) in [5.74, 6) is -0.200. The van der Waals surface area contributed by atoms with Crippen molar-refractivity contribution in [3.63, 3.8) is 0 Å². The number of carbonyl (C=O) groups is 2. The Hall–Kier alpha value is -3.20. The van der Waals surface area contributed by atoms with Crippen LogP contribution in [0.3, 0.4) is 0 Å². The van der Waals surface area contributed by atoms with Crippen LogP contribution in [0.25, 0.3) is 0 Å². The molecule has 1 fully saturated rings. The Bertz CT molecular complexity index is 1190. The second-order valence-corrected chi connectivity index (χ2v) is 9.56. The minimum Gasteiger partial charge on any atom is -0.343 e. The number of amidine groups is 1. The lowest BCUT2D eigenvalue weighted by atomic mass is 10.1. The van der Waals surface area contributed by atoms with Crippen LogP contribution in [-0.4, -0.2) is 62.0 Å². The van der Waals surface area contributed by atoms with Crippen molar-refractivity contribution in [2.75, 3.05) is 25.5 Å². The Kier molecular flexibility index (Phi) is 6.01. The third kappa shape index (κ3) is 4.12. The van der Waals surface area contributed by atoms with Crippen LogP contribution in [0.5, 0.6) is 0 Å². The van der Waals surface area contributed by atoms with E-state index in [0.29, 0.717) is 24.4 Å². The number of hydrogen-bond donors (Lipinski definition) is 1. The predicted molar refractivity (Wildman–Crippen MR) is 122 cm³/mol. The molecule has 0 spiro atoms. The number of likely N-dealkylation sites (tertiary alicyclic amines) is 1. The number of benzene rings is 2. The van der Waals surface area contributed by atoms with Gasteiger partial charge in [0.2, 0.25) is 11.8 Å². The summed E-state index contributed by atoms with van der Waals surface area (Å²) in [5, 5.41) is 2.88. The number of nitrogens with one attached hydrogen (secondary N) is 1. The Morgan fingerprint density at radius 3 is 2.66 bits per heavy atom. The van der Waals surface area contributed by atoms with Gasteiger partial charge in [0.05, 0.1) is 6.54 Å². The molecule has 2 aliphatic rings. The molecular formula is C23H26N4O4S. The van der Waals surface area contributed by atoms with Crippen LogP contribution in [-0.2, 0) is 26.0 Å². The number of carbonyl (C=O) groups excluding carboxylic acids is 2. The van der Waals surface area contributed by atoms with Gasteiger partial charge in [-0.2, -0.15) is 8.42 Å². The minimum atomic E-state index is -3.76. The van der Waals surface area contributed by atoms with Crippen LogP contribution in [0.15, 0.2) is 57.8 Å². The van der Waals surface area contributed by atoms with Crippen molar-refractivity contribution in [3.8, 4) is 0 Å². The molecule has 1 N–H and O–H groups in total. The van der Waals surface area contributed by atoms with Crippen molar-refractivity contribution in [2.24, 2.45) is 4.40 Å². The number of likely N-dealkylation sites (N-methyl/N-ethyl adjacent to an activating group) is 1. The molecule has 2 aromatic rings. The average molecular weight is 455 g/mol. The number of fused-ring (bicyclic) bond motifs is 1. The zero-order chi connectivity index (χ0) is 22.9. The Morgan fingerprint density at radius 2 is 1.88 bits per heavy atom. The number of hydrogen-bond acceptors (Lipinski definition) is 5. The fraction of sp³-hybridized carbons (Fsp3) is 0.348. The molecule has 2 heterocycles. The molecule has 9 heteroatoms. The summed E-state index contributed by atoms with van der Waals surface area (Å²) in [5.41, 5.74) is 2.28. The highest BCUT2D eigenvalue weighted by molar-refractivity contribution is 7.90. The average Bonchev–Trinajstić information content (AvgIpc) is 3.36. The molecule has 168 valence electrons. The van der Waals surface area contributed by atoms with Crippen molar-refractivity contribution in [1.82, 2.24) is 9.80 Å². The molecule has 1 saturated heterocycles. The molecule has 0 radical (unpaired) electrons. The number of rotatable bonds is 5. The molecule has 32 heavy (non-hydrogen) atoms. The fourth-order valence-corrected chi connectivity index (χ4v) is 5.48. The fourth-order valence-electron chi connectivity index (χ4n) is 4.26. The lowest BCUT2D eigenvalue weighted by Gasteiger charge is -2.29. The van der Waals surface area contributed by atoms with Crippen LogP contribution >= 0.6 is 0 Å². The van der Waals surface area contributed by atoms with Gasteiger partial charge in [0.25, 0.3) is 10.0 Å². The summed E-state index contributed by atoms with van der Waals surface area (Å²) >= 11 is 0. The van der Waals surface area contributed by atoms with Crippen molar-refractivity contribution in [3.05, 3.63) is 59.7 Å². The van der Waals surface area contributed by atoms with E-state index in [-0.39, 0.29) is 23.3 Å². The van der Waals surface area contributed by atoms with Crippen molar-refractivity contribution < 1.29 is 18.0 Å². The molecule has 0 saturated carbocycles. The van der Waals surface area contributed by atoms with Crippen LogP contribution in [0.1, 0.15) is 30.9 Å². The monoisotopic (exact) mass is 454 g/mol. The first kappa shape index (κ1) is 22.0. The Labute approximate surface area is 188 Å². The zero-order valence-corrected chi connectivity index (χ0v) is 18.9. The maximum absolute atomic E-state index is 13.2. The second kappa shape index (κ2) is 8.74. The largest absolute Gasteiger partial charge is 0.343 e. The number of nitrogens with zero attached hydrogens (tertiary/aromatic N) is 3. The van der Waals surface area contributed by atoms with Gasteiger partial charge >= 0.3 is 0 Å². The van der Waals surface area contributed by atoms with E-state index in [0.717, 1.165) is 24.1 Å². The van der Waals surface area contributed by atoms with E-state index in [1.54, 1.807) is 30.1 Å². The third-order valence-corrected chi connectivity index (χ3v) is 7.18. The van der Waals surface area contributed by atoms with E-state index < -0.39 is 16.1 Å². The summed E-state index contributed by atoms with van der Waals surface area (Å²) in [6, 6.07) is 13.7. The highest BCUT2D eigenvalue weighted by Gasteiger charge is 2.40. The lowest BCUT2D eigenvalue weighted by Crippen LogP contribution is -2.48. The number of anilines is 1. The number of aryl methyl sites for hydroxylation is 1. The van der Waals surface area contributed by atoms with Gasteiger partial charge in [-0.05, 0) is 43.0 Å². The first-order valence-electron chi connectivity index (χ1n) is 10.7. The molecular weight excluding hydrogens is 428 g/mol. The lowest BCUT2D eigenvalue weighted by molar-refractivity contribution is -0.136. The SMILES string of the molecule is CCc1ccccc1NC(=O)CN(C)C(=O)[C@@H]1CCCN1C1=NS(=O)(=O)c2ccccc21. The maximum atomic E-state index is 13.2. The topological polar surface area (TPSA) is 99.2 Å². The summed E-state index contributed by atoms with van der Waals surface area (Å²) in [7, 11) is -2.18. The molecule has 0 aliphatic carbocycles. The van der Waals surface area contributed by atoms with E-state index in [4.69, 9.17) is 0 Å². The van der Waals surface area contributed by atoms with Crippen LogP contribution in [0, 0.1) is 0 Å². The summed E-state index contributed by atoms with van der Waals surface area (Å²) < 4.78 is 28.8. The Morgan fingerprint density at radius 1 is 1.16 bits per heavy atom. The number of para-hydroxylation sites is 1. The molecule has 2 amide bonds. The van der Waals surface area contributed by atoms with E-state index in [1.165, 1.54) is 11.0 Å². The summed E-state index contributed by atoms with van der Waals surface area (Å²) in [4.78, 5) is 29.1. The van der Waals surface area contributed by atoms with Crippen LogP contribution in [0.4, 0.5) is 5.69 Å². The molecule has 2 aliphatic heterocycles. The van der Waals surface area contributed by atoms with Crippen LogP contribution in [0.2, 0.25) is 0 Å². The van der Waals surface area contributed by atoms with Crippen molar-refractivity contribution in [1.29, 1.82) is 0 Å². The van der Waals surface area contributed by atoms with Gasteiger partial charge in [0, 0.05) is 24.8 Å². The molecule has 4 rings (SSSR count). The van der Waals surface area contributed by atoms with Gasteiger partial charge in [0.15, 0.2) is 5.84 Å². The molecule has 8 nitrogen and oxygen atoms in total. The maximum Gasteiger partial charge on any atom is 0.285 e. The number of amides is 2. The highest BCUT2D eigenvalue weighted by atomic mass is 32.2. The van der Waals surface area contributed by atoms with Gasteiger partial charge in [-0.3, -0.25) is 9.59 Å². The quantitative estimate of drug-likeness (QED) is 0.747. The van der Waals surface area contributed by atoms with E-state index in [1.807, 2.05) is 31.2 Å². The van der Waals surface area contributed by atoms with Crippen LogP contribution < -0.4 is 5.32 Å². The highest BCUT2D eigenvalue weighted by Crippen LogP contribution is 2.31. The first-order valence-corrected chi connectivity index (χ1v) is 12.1. The van der Waals surface area contributed by atoms with Gasteiger partial charge < -0.3 is 15.1 Å². The smallest absolute Gasteiger partial charge is 0.285 e. The molecule has 0 bridgehead atoms. The molecule has 0 aromatic heterocycles. The van der Waals surface area contributed by atoms with E-state index in [2.05, 4.69) is 9.71 Å². The second-order valence-electron chi connectivity index (χ2n) is 7.99.